The minimum Gasteiger partial charge on any atom is -0.466 e. The van der Waals surface area contributed by atoms with Crippen LogP contribution in [0.2, 0.25) is 0 Å². The van der Waals surface area contributed by atoms with E-state index in [-0.39, 0.29) is 11.9 Å². The van der Waals surface area contributed by atoms with Gasteiger partial charge in [0, 0.05) is 24.3 Å². The fourth-order valence-electron chi connectivity index (χ4n) is 4.27. The quantitative estimate of drug-likeness (QED) is 0.0528. The van der Waals surface area contributed by atoms with Gasteiger partial charge in [-0.15, -0.1) is 0 Å². The molecule has 0 unspecified atom stereocenters. The van der Waals surface area contributed by atoms with Crippen LogP contribution in [0.5, 0.6) is 0 Å². The minimum absolute atomic E-state index is 0.0378. The Hall–Kier alpha value is -0.360. The summed E-state index contributed by atoms with van der Waals surface area (Å²) in [5.41, 5.74) is 0. The molecule has 0 spiro atoms. The van der Waals surface area contributed by atoms with Gasteiger partial charge in [-0.1, -0.05) is 124 Å². The summed E-state index contributed by atoms with van der Waals surface area (Å²) >= 11 is 0. The summed E-state index contributed by atoms with van der Waals surface area (Å²) in [5.74, 6) is 2.55. The summed E-state index contributed by atoms with van der Waals surface area (Å²) < 4.78 is 9.91. The molecular weight excluding hydrogens is 488 g/mol. The zero-order valence-corrected chi connectivity index (χ0v) is 25.5. The van der Waals surface area contributed by atoms with Crippen LogP contribution in [0.25, 0.3) is 0 Å². The van der Waals surface area contributed by atoms with Crippen molar-refractivity contribution in [2.24, 2.45) is 0 Å². The molecule has 0 saturated carbocycles. The molecule has 0 aliphatic rings. The highest BCUT2D eigenvalue weighted by Crippen LogP contribution is 2.25. The van der Waals surface area contributed by atoms with Gasteiger partial charge < -0.3 is 9.47 Å². The van der Waals surface area contributed by atoms with Crippen molar-refractivity contribution in [2.45, 2.75) is 155 Å². The second-order valence-corrected chi connectivity index (χ2v) is 12.5. The van der Waals surface area contributed by atoms with Crippen LogP contribution in [0.1, 0.15) is 155 Å². The van der Waals surface area contributed by atoms with Crippen LogP contribution in [0.4, 0.5) is 0 Å². The normalized spacial score (nSPS) is 11.1. The van der Waals surface area contributed by atoms with E-state index in [0.29, 0.717) is 26.1 Å². The van der Waals surface area contributed by atoms with E-state index in [4.69, 9.17) is 9.47 Å². The Morgan fingerprint density at radius 1 is 0.417 bits per heavy atom. The number of ether oxygens (including phenoxy) is 2. The first-order chi connectivity index (χ1) is 17.7. The predicted molar refractivity (Wildman–Crippen MR) is 160 cm³/mol. The molecule has 0 radical (unpaired) electrons. The van der Waals surface area contributed by atoms with E-state index in [1.165, 1.54) is 114 Å². The summed E-state index contributed by atoms with van der Waals surface area (Å²) in [5, 5.41) is 0. The molecule has 0 fully saturated rings. The third-order valence-electron chi connectivity index (χ3n) is 6.41. The minimum atomic E-state index is -0.0378. The fraction of sp³-hybridized carbons (Fsp3) is 0.933. The van der Waals surface area contributed by atoms with Gasteiger partial charge in [-0.25, -0.2) is 0 Å². The molecule has 214 valence electrons. The van der Waals surface area contributed by atoms with E-state index < -0.39 is 0 Å². The van der Waals surface area contributed by atoms with Crippen molar-refractivity contribution in [1.29, 1.82) is 0 Å². The lowest BCUT2D eigenvalue weighted by Gasteiger charge is -2.04. The molecule has 0 aromatic rings. The summed E-state index contributed by atoms with van der Waals surface area (Å²) in [7, 11) is 4.16. The Balaban J connectivity index is 3.08. The summed E-state index contributed by atoms with van der Waals surface area (Å²) in [6.45, 7) is 4.74. The Kier molecular flexibility index (Phi) is 30.6. The molecule has 0 saturated heterocycles. The van der Waals surface area contributed by atoms with E-state index in [0.717, 1.165) is 25.7 Å². The molecule has 0 heterocycles. The molecule has 0 rings (SSSR count). The molecule has 0 aromatic heterocycles. The van der Waals surface area contributed by atoms with Gasteiger partial charge in [0.25, 0.3) is 0 Å². The van der Waals surface area contributed by atoms with Gasteiger partial charge in [-0.3, -0.25) is 9.59 Å². The second-order valence-electron chi connectivity index (χ2n) is 9.83. The number of hydrogen-bond acceptors (Lipinski definition) is 6. The van der Waals surface area contributed by atoms with Crippen LogP contribution in [-0.2, 0) is 19.1 Å². The second kappa shape index (κ2) is 30.9. The van der Waals surface area contributed by atoms with E-state index in [9.17, 15) is 9.59 Å². The maximum Gasteiger partial charge on any atom is 0.305 e. The van der Waals surface area contributed by atoms with Gasteiger partial charge in [0.2, 0.25) is 0 Å². The Morgan fingerprint density at radius 2 is 0.667 bits per heavy atom. The first-order valence-corrected chi connectivity index (χ1v) is 17.7. The van der Waals surface area contributed by atoms with Crippen molar-refractivity contribution in [3.05, 3.63) is 0 Å². The molecule has 0 aliphatic carbocycles. The number of esters is 2. The number of hydrogen-bond donors (Lipinski definition) is 0. The largest absolute Gasteiger partial charge is 0.466 e. The van der Waals surface area contributed by atoms with Crippen molar-refractivity contribution in [2.75, 3.05) is 24.7 Å². The Labute approximate surface area is 232 Å². The SMILES string of the molecule is CCOC(=O)CCCCCCCCCCCCSSCCCCCCCCCCCCC(=O)OCC. The van der Waals surface area contributed by atoms with Gasteiger partial charge in [-0.05, 0) is 39.5 Å². The summed E-state index contributed by atoms with van der Waals surface area (Å²) in [6, 6.07) is 0. The smallest absolute Gasteiger partial charge is 0.305 e. The monoisotopic (exact) mass is 546 g/mol. The summed E-state index contributed by atoms with van der Waals surface area (Å²) in [6.07, 6.45) is 27.1. The molecule has 0 atom stereocenters. The van der Waals surface area contributed by atoms with Crippen LogP contribution in [0.3, 0.4) is 0 Å². The van der Waals surface area contributed by atoms with E-state index in [2.05, 4.69) is 21.6 Å². The van der Waals surface area contributed by atoms with Crippen LogP contribution < -0.4 is 0 Å². The van der Waals surface area contributed by atoms with Crippen LogP contribution in [0, 0.1) is 0 Å². The van der Waals surface area contributed by atoms with Gasteiger partial charge in [0.1, 0.15) is 0 Å². The average molecular weight is 547 g/mol. The third-order valence-corrected chi connectivity index (χ3v) is 8.99. The van der Waals surface area contributed by atoms with Crippen molar-refractivity contribution in [3.63, 3.8) is 0 Å². The maximum absolute atomic E-state index is 11.3. The van der Waals surface area contributed by atoms with Crippen molar-refractivity contribution in [3.8, 4) is 0 Å². The highest BCUT2D eigenvalue weighted by molar-refractivity contribution is 8.76. The Bertz CT molecular complexity index is 432. The van der Waals surface area contributed by atoms with E-state index in [1.54, 1.807) is 0 Å². The third kappa shape index (κ3) is 29.9. The molecule has 36 heavy (non-hydrogen) atoms. The summed E-state index contributed by atoms with van der Waals surface area (Å²) in [4.78, 5) is 22.5. The Morgan fingerprint density at radius 3 is 0.944 bits per heavy atom. The molecular formula is C30H58O4S2. The van der Waals surface area contributed by atoms with Crippen LogP contribution in [-0.4, -0.2) is 36.7 Å². The molecule has 0 bridgehead atoms. The lowest BCUT2D eigenvalue weighted by Crippen LogP contribution is -2.03. The van der Waals surface area contributed by atoms with Crippen LogP contribution >= 0.6 is 21.6 Å². The van der Waals surface area contributed by atoms with Crippen molar-refractivity contribution >= 4 is 33.5 Å². The van der Waals surface area contributed by atoms with Crippen molar-refractivity contribution in [1.82, 2.24) is 0 Å². The zero-order chi connectivity index (χ0) is 26.4. The lowest BCUT2D eigenvalue weighted by atomic mass is 10.1. The topological polar surface area (TPSA) is 52.6 Å². The van der Waals surface area contributed by atoms with E-state index >= 15 is 0 Å². The molecule has 0 aromatic carbocycles. The average Bonchev–Trinajstić information content (AvgIpc) is 2.86. The molecule has 6 heteroatoms. The first-order valence-electron chi connectivity index (χ1n) is 15.3. The predicted octanol–water partition coefficient (Wildman–Crippen LogP) is 10.1. The first kappa shape index (κ1) is 35.6. The van der Waals surface area contributed by atoms with Gasteiger partial charge >= 0.3 is 11.9 Å². The van der Waals surface area contributed by atoms with Gasteiger partial charge in [0.05, 0.1) is 13.2 Å². The molecule has 0 N–H and O–H groups in total. The van der Waals surface area contributed by atoms with Gasteiger partial charge in [0.15, 0.2) is 0 Å². The number of carbonyl (C=O) groups is 2. The number of unbranched alkanes of at least 4 members (excludes halogenated alkanes) is 18. The fourth-order valence-corrected chi connectivity index (χ4v) is 6.57. The van der Waals surface area contributed by atoms with E-state index in [1.807, 2.05) is 13.8 Å². The maximum atomic E-state index is 11.3. The number of carbonyl (C=O) groups excluding carboxylic acids is 2. The van der Waals surface area contributed by atoms with Crippen LogP contribution in [0.15, 0.2) is 0 Å². The van der Waals surface area contributed by atoms with Crippen molar-refractivity contribution < 1.29 is 19.1 Å². The highest BCUT2D eigenvalue weighted by atomic mass is 33.1. The molecule has 0 aliphatic heterocycles. The number of rotatable bonds is 29. The standard InChI is InChI=1S/C30H58O4S2/c1-3-33-29(31)25-21-17-13-9-5-7-11-15-19-23-27-35-36-28-24-20-16-12-8-6-10-14-18-22-26-30(32)34-4-2/h3-28H2,1-2H3. The zero-order valence-electron chi connectivity index (χ0n) is 23.8. The highest BCUT2D eigenvalue weighted by Gasteiger charge is 2.02. The molecule has 4 nitrogen and oxygen atoms in total. The lowest BCUT2D eigenvalue weighted by molar-refractivity contribution is -0.144. The molecule has 0 amide bonds. The van der Waals surface area contributed by atoms with Gasteiger partial charge in [-0.2, -0.15) is 0 Å².